The first kappa shape index (κ1) is 27.0. The molecule has 1 aliphatic heterocycles. The molecule has 1 saturated heterocycles. The van der Waals surface area contributed by atoms with Crippen molar-refractivity contribution in [2.24, 2.45) is 0 Å². The zero-order valence-corrected chi connectivity index (χ0v) is 22.5. The molecular weight excluding hydrogens is 510 g/mol. The summed E-state index contributed by atoms with van der Waals surface area (Å²) in [7, 11) is 0. The van der Waals surface area contributed by atoms with Crippen LogP contribution in [-0.4, -0.2) is 32.8 Å². The molecule has 1 aliphatic rings. The van der Waals surface area contributed by atoms with Gasteiger partial charge in [0.1, 0.15) is 0 Å². The van der Waals surface area contributed by atoms with E-state index in [1.165, 1.54) is 6.92 Å². The van der Waals surface area contributed by atoms with Gasteiger partial charge in [0.15, 0.2) is 11.4 Å². The van der Waals surface area contributed by atoms with Gasteiger partial charge in [0.05, 0.1) is 18.8 Å². The summed E-state index contributed by atoms with van der Waals surface area (Å²) in [5.74, 6) is 0.641. The van der Waals surface area contributed by atoms with Gasteiger partial charge in [-0.05, 0) is 33.9 Å². The van der Waals surface area contributed by atoms with E-state index in [2.05, 4.69) is 33.5 Å². The van der Waals surface area contributed by atoms with Crippen LogP contribution in [0, 0.1) is 0 Å². The van der Waals surface area contributed by atoms with Crippen LogP contribution in [0.2, 0.25) is 0 Å². The monoisotopic (exact) mass is 541 g/mol. The molecule has 4 aromatic rings. The van der Waals surface area contributed by atoms with Gasteiger partial charge in [-0.15, -0.1) is 0 Å². The maximum absolute atomic E-state index is 11.4. The lowest BCUT2D eigenvalue weighted by Gasteiger charge is -2.36. The van der Waals surface area contributed by atoms with Gasteiger partial charge < -0.3 is 19.9 Å². The van der Waals surface area contributed by atoms with Gasteiger partial charge in [0.2, 0.25) is 5.91 Å². The molecule has 39 heavy (non-hydrogen) atoms. The molecule has 1 amide bonds. The van der Waals surface area contributed by atoms with E-state index in [4.69, 9.17) is 9.47 Å². The Labute approximate surface area is 232 Å². The van der Waals surface area contributed by atoms with Gasteiger partial charge in [-0.2, -0.15) is 0 Å². The minimum atomic E-state index is -0.535. The van der Waals surface area contributed by atoms with Crippen LogP contribution in [-0.2, 0) is 27.4 Å². The number of aromatic nitrogens is 2. The van der Waals surface area contributed by atoms with Crippen molar-refractivity contribution in [3.63, 3.8) is 0 Å². The molecule has 0 radical (unpaired) electrons. The number of carbonyl (C=O) groups excluding carboxylic acids is 1. The van der Waals surface area contributed by atoms with E-state index in [0.29, 0.717) is 18.7 Å². The number of hydrogen-bond donors (Lipinski definition) is 2. The number of aliphatic hydroxyl groups excluding tert-OH is 1. The smallest absolute Gasteiger partial charge is 0.217 e. The second kappa shape index (κ2) is 13.0. The Morgan fingerprint density at radius 1 is 0.949 bits per heavy atom. The zero-order valence-electron chi connectivity index (χ0n) is 21.7. The van der Waals surface area contributed by atoms with E-state index in [-0.39, 0.29) is 24.7 Å². The second-order valence-corrected chi connectivity index (χ2v) is 10.4. The Balaban J connectivity index is 1.36. The van der Waals surface area contributed by atoms with E-state index in [1.807, 2.05) is 54.6 Å². The Bertz CT molecular complexity index is 1370. The summed E-state index contributed by atoms with van der Waals surface area (Å²) in [4.78, 5) is 20.1. The highest BCUT2D eigenvalue weighted by Crippen LogP contribution is 2.39. The lowest BCUT2D eigenvalue weighted by Crippen LogP contribution is -2.31. The van der Waals surface area contributed by atoms with Crippen LogP contribution in [0.25, 0.3) is 11.1 Å². The molecule has 0 aliphatic carbocycles. The van der Waals surface area contributed by atoms with Gasteiger partial charge in [0.25, 0.3) is 0 Å². The van der Waals surface area contributed by atoms with Crippen LogP contribution in [0.15, 0.2) is 96.4 Å². The van der Waals surface area contributed by atoms with E-state index in [9.17, 15) is 9.90 Å². The third-order valence-electron chi connectivity index (χ3n) is 6.59. The Kier molecular flexibility index (Phi) is 9.00. The summed E-state index contributed by atoms with van der Waals surface area (Å²) in [6.07, 6.45) is 3.42. The van der Waals surface area contributed by atoms with Crippen LogP contribution < -0.4 is 5.32 Å². The van der Waals surface area contributed by atoms with Crippen molar-refractivity contribution >= 4 is 17.7 Å². The number of ether oxygens (including phenoxy) is 2. The largest absolute Gasteiger partial charge is 0.392 e. The highest BCUT2D eigenvalue weighted by atomic mass is 32.2. The molecule has 3 aromatic carbocycles. The first-order valence-corrected chi connectivity index (χ1v) is 13.9. The maximum atomic E-state index is 11.4. The molecule has 0 spiro atoms. The van der Waals surface area contributed by atoms with Crippen molar-refractivity contribution in [2.45, 2.75) is 50.2 Å². The highest BCUT2D eigenvalue weighted by molar-refractivity contribution is 7.99. The molecule has 3 unspecified atom stereocenters. The molecule has 0 saturated carbocycles. The first-order chi connectivity index (χ1) is 19.1. The van der Waals surface area contributed by atoms with Gasteiger partial charge in [-0.3, -0.25) is 4.79 Å². The quantitative estimate of drug-likeness (QED) is 0.210. The maximum Gasteiger partial charge on any atom is 0.217 e. The van der Waals surface area contributed by atoms with Gasteiger partial charge in [-0.1, -0.05) is 84.6 Å². The number of nitrogens with one attached hydrogen (secondary N) is 1. The zero-order chi connectivity index (χ0) is 27.0. The molecular formula is C31H31N3O4S. The van der Waals surface area contributed by atoms with Gasteiger partial charge in [0, 0.05) is 43.6 Å². The highest BCUT2D eigenvalue weighted by Gasteiger charge is 2.32. The van der Waals surface area contributed by atoms with Crippen molar-refractivity contribution in [1.82, 2.24) is 15.3 Å². The van der Waals surface area contributed by atoms with Crippen molar-refractivity contribution < 1.29 is 19.4 Å². The molecule has 8 heteroatoms. The van der Waals surface area contributed by atoms with Crippen LogP contribution >= 0.6 is 11.8 Å². The lowest BCUT2D eigenvalue weighted by molar-refractivity contribution is -0.245. The summed E-state index contributed by atoms with van der Waals surface area (Å²) in [5.41, 5.74) is 6.03. The number of carbonyl (C=O) groups is 1. The molecule has 5 rings (SSSR count). The summed E-state index contributed by atoms with van der Waals surface area (Å²) in [5, 5.41) is 13.0. The van der Waals surface area contributed by atoms with E-state index in [1.54, 1.807) is 30.2 Å². The fourth-order valence-electron chi connectivity index (χ4n) is 4.55. The third-order valence-corrected chi connectivity index (χ3v) is 7.60. The second-order valence-electron chi connectivity index (χ2n) is 9.38. The normalized spacial score (nSPS) is 19.0. The predicted molar refractivity (Wildman–Crippen MR) is 151 cm³/mol. The Morgan fingerprint density at radius 2 is 1.67 bits per heavy atom. The van der Waals surface area contributed by atoms with E-state index < -0.39 is 6.29 Å². The average molecular weight is 542 g/mol. The molecule has 1 fully saturated rings. The topological polar surface area (TPSA) is 93.6 Å². The number of thioether (sulfide) groups is 1. The molecule has 2 N–H and O–H groups in total. The molecule has 2 heterocycles. The number of amides is 1. The Morgan fingerprint density at radius 3 is 2.38 bits per heavy atom. The minimum Gasteiger partial charge on any atom is -0.392 e. The summed E-state index contributed by atoms with van der Waals surface area (Å²) in [6.45, 7) is 2.01. The molecule has 3 atom stereocenters. The van der Waals surface area contributed by atoms with Crippen molar-refractivity contribution in [1.29, 1.82) is 0 Å². The average Bonchev–Trinajstić information content (AvgIpc) is 2.99. The summed E-state index contributed by atoms with van der Waals surface area (Å²) < 4.78 is 12.9. The molecule has 0 bridgehead atoms. The van der Waals surface area contributed by atoms with Crippen molar-refractivity contribution in [3.8, 4) is 11.1 Å². The predicted octanol–water partition coefficient (Wildman–Crippen LogP) is 5.61. The third kappa shape index (κ3) is 7.10. The van der Waals surface area contributed by atoms with E-state index in [0.717, 1.165) is 38.5 Å². The van der Waals surface area contributed by atoms with Crippen LogP contribution in [0.5, 0.6) is 0 Å². The Hall–Kier alpha value is -3.56. The summed E-state index contributed by atoms with van der Waals surface area (Å²) >= 11 is 1.57. The first-order valence-electron chi connectivity index (χ1n) is 12.9. The number of benzene rings is 3. The van der Waals surface area contributed by atoms with E-state index >= 15 is 0 Å². The fourth-order valence-corrected chi connectivity index (χ4v) is 5.37. The molecule has 1 aromatic heterocycles. The van der Waals surface area contributed by atoms with Crippen molar-refractivity contribution in [2.75, 3.05) is 5.75 Å². The number of aliphatic hydroxyl groups is 1. The summed E-state index contributed by atoms with van der Waals surface area (Å²) in [6, 6.07) is 26.0. The fraction of sp³-hybridized carbons (Fsp3) is 0.258. The minimum absolute atomic E-state index is 0.00811. The van der Waals surface area contributed by atoms with Gasteiger partial charge in [-0.25, -0.2) is 9.97 Å². The van der Waals surface area contributed by atoms with Crippen LogP contribution in [0.4, 0.5) is 0 Å². The number of hydrogen-bond acceptors (Lipinski definition) is 7. The van der Waals surface area contributed by atoms with Crippen LogP contribution in [0.1, 0.15) is 48.0 Å². The number of rotatable bonds is 9. The van der Waals surface area contributed by atoms with Crippen LogP contribution in [0.3, 0.4) is 0 Å². The van der Waals surface area contributed by atoms with Crippen molar-refractivity contribution in [3.05, 3.63) is 114 Å². The van der Waals surface area contributed by atoms with Gasteiger partial charge >= 0.3 is 0 Å². The standard InChI is InChI=1S/C31H31N3O4S/c1-21(36)34-18-26-5-2-3-6-28(26)23-11-13-25(14-12-23)30-37-27(20-39-31-32-15-4-16-33-31)17-29(38-30)24-9-7-22(19-35)8-10-24/h2-16,27,29-30,35H,17-20H2,1H3,(H,34,36). The lowest BCUT2D eigenvalue weighted by atomic mass is 9.98. The molecule has 7 nitrogen and oxygen atoms in total. The number of nitrogens with zero attached hydrogens (tertiary/aromatic N) is 2. The molecule has 200 valence electrons. The SMILES string of the molecule is CC(=O)NCc1ccccc1-c1ccc(C2OC(CSc3ncccn3)CC(c3ccc(CO)cc3)O2)cc1.